The van der Waals surface area contributed by atoms with E-state index in [2.05, 4.69) is 18.8 Å². The standard InChI is InChI=1S/C12H17NO/c1-8(2)11-6-5-10(7-13-11)12(14)9(3)4/h5-9H,1-4H3. The zero-order chi connectivity index (χ0) is 10.7. The van der Waals surface area contributed by atoms with Crippen molar-refractivity contribution in [3.63, 3.8) is 0 Å². The molecule has 0 unspecified atom stereocenters. The van der Waals surface area contributed by atoms with Gasteiger partial charge in [-0.15, -0.1) is 0 Å². The van der Waals surface area contributed by atoms with Crippen molar-refractivity contribution in [3.8, 4) is 0 Å². The third-order valence-corrected chi connectivity index (χ3v) is 2.19. The van der Waals surface area contributed by atoms with E-state index < -0.39 is 0 Å². The maximum Gasteiger partial charge on any atom is 0.166 e. The minimum atomic E-state index is 0.0432. The molecule has 2 heteroatoms. The summed E-state index contributed by atoms with van der Waals surface area (Å²) in [5, 5.41) is 0. The van der Waals surface area contributed by atoms with Gasteiger partial charge in [0.2, 0.25) is 0 Å². The summed E-state index contributed by atoms with van der Waals surface area (Å²) in [7, 11) is 0. The van der Waals surface area contributed by atoms with Crippen LogP contribution in [0.2, 0.25) is 0 Å². The van der Waals surface area contributed by atoms with Gasteiger partial charge in [0.15, 0.2) is 5.78 Å². The Kier molecular flexibility index (Phi) is 3.39. The van der Waals surface area contributed by atoms with Gasteiger partial charge in [0.1, 0.15) is 0 Å². The second-order valence-corrected chi connectivity index (χ2v) is 4.15. The highest BCUT2D eigenvalue weighted by atomic mass is 16.1. The molecular formula is C12H17NO. The van der Waals surface area contributed by atoms with Gasteiger partial charge in [-0.2, -0.15) is 0 Å². The van der Waals surface area contributed by atoms with E-state index >= 15 is 0 Å². The lowest BCUT2D eigenvalue weighted by Crippen LogP contribution is -2.08. The molecular weight excluding hydrogens is 174 g/mol. The highest BCUT2D eigenvalue weighted by Crippen LogP contribution is 2.13. The zero-order valence-electron chi connectivity index (χ0n) is 9.24. The first-order valence-electron chi connectivity index (χ1n) is 5.02. The summed E-state index contributed by atoms with van der Waals surface area (Å²) in [6.07, 6.45) is 1.68. The molecule has 0 aliphatic rings. The number of hydrogen-bond donors (Lipinski definition) is 0. The normalized spacial score (nSPS) is 11.0. The number of hydrogen-bond acceptors (Lipinski definition) is 2. The monoisotopic (exact) mass is 191 g/mol. The fourth-order valence-corrected chi connectivity index (χ4v) is 1.23. The van der Waals surface area contributed by atoms with Crippen LogP contribution in [-0.2, 0) is 0 Å². The first-order valence-corrected chi connectivity index (χ1v) is 5.02. The van der Waals surface area contributed by atoms with Crippen molar-refractivity contribution in [1.29, 1.82) is 0 Å². The van der Waals surface area contributed by atoms with Crippen molar-refractivity contribution in [2.45, 2.75) is 33.6 Å². The molecule has 1 aromatic heterocycles. The van der Waals surface area contributed by atoms with Gasteiger partial charge in [0.25, 0.3) is 0 Å². The summed E-state index contributed by atoms with van der Waals surface area (Å²) in [5.41, 5.74) is 1.75. The van der Waals surface area contributed by atoms with Crippen LogP contribution >= 0.6 is 0 Å². The number of carbonyl (C=O) groups is 1. The summed E-state index contributed by atoms with van der Waals surface area (Å²) >= 11 is 0. The SMILES string of the molecule is CC(C)C(=O)c1ccc(C(C)C)nc1. The lowest BCUT2D eigenvalue weighted by atomic mass is 10.0. The van der Waals surface area contributed by atoms with E-state index in [0.717, 1.165) is 5.69 Å². The summed E-state index contributed by atoms with van der Waals surface area (Å²) in [5.74, 6) is 0.618. The maximum atomic E-state index is 11.6. The average molecular weight is 191 g/mol. The van der Waals surface area contributed by atoms with Crippen molar-refractivity contribution >= 4 is 5.78 Å². The quantitative estimate of drug-likeness (QED) is 0.687. The van der Waals surface area contributed by atoms with E-state index in [4.69, 9.17) is 0 Å². The Bertz CT molecular complexity index is 312. The number of nitrogens with zero attached hydrogens (tertiary/aromatic N) is 1. The fourth-order valence-electron chi connectivity index (χ4n) is 1.23. The molecule has 0 saturated carbocycles. The molecule has 0 aromatic carbocycles. The smallest absolute Gasteiger partial charge is 0.166 e. The first-order chi connectivity index (χ1) is 6.52. The number of ketones is 1. The Balaban J connectivity index is 2.89. The van der Waals surface area contributed by atoms with E-state index in [0.29, 0.717) is 11.5 Å². The van der Waals surface area contributed by atoms with Crippen molar-refractivity contribution in [2.75, 3.05) is 0 Å². The van der Waals surface area contributed by atoms with Crippen LogP contribution in [0.15, 0.2) is 18.3 Å². The molecule has 0 N–H and O–H groups in total. The van der Waals surface area contributed by atoms with Crippen LogP contribution in [0.5, 0.6) is 0 Å². The van der Waals surface area contributed by atoms with Crippen molar-refractivity contribution in [3.05, 3.63) is 29.6 Å². The van der Waals surface area contributed by atoms with Crippen LogP contribution in [0.3, 0.4) is 0 Å². The van der Waals surface area contributed by atoms with Gasteiger partial charge >= 0.3 is 0 Å². The Morgan fingerprint density at radius 2 is 1.86 bits per heavy atom. The Morgan fingerprint density at radius 3 is 2.21 bits per heavy atom. The zero-order valence-corrected chi connectivity index (χ0v) is 9.24. The minimum absolute atomic E-state index is 0.0432. The Labute approximate surface area is 85.4 Å². The highest BCUT2D eigenvalue weighted by molar-refractivity contribution is 5.97. The average Bonchev–Trinajstić information content (AvgIpc) is 2.16. The molecule has 1 aromatic rings. The molecule has 1 rings (SSSR count). The van der Waals surface area contributed by atoms with Crippen LogP contribution < -0.4 is 0 Å². The minimum Gasteiger partial charge on any atom is -0.294 e. The van der Waals surface area contributed by atoms with Gasteiger partial charge in [-0.05, 0) is 18.1 Å². The molecule has 0 aliphatic carbocycles. The van der Waals surface area contributed by atoms with Crippen LogP contribution in [0.1, 0.15) is 49.7 Å². The first kappa shape index (κ1) is 10.9. The van der Waals surface area contributed by atoms with Crippen molar-refractivity contribution in [2.24, 2.45) is 5.92 Å². The summed E-state index contributed by atoms with van der Waals surface area (Å²) in [6.45, 7) is 7.98. The van der Waals surface area contributed by atoms with Gasteiger partial charge < -0.3 is 0 Å². The molecule has 0 bridgehead atoms. The summed E-state index contributed by atoms with van der Waals surface area (Å²) in [6, 6.07) is 3.80. The molecule has 0 amide bonds. The molecule has 76 valence electrons. The second kappa shape index (κ2) is 4.36. The molecule has 2 nitrogen and oxygen atoms in total. The van der Waals surface area contributed by atoms with E-state index in [9.17, 15) is 4.79 Å². The molecule has 14 heavy (non-hydrogen) atoms. The molecule has 0 fully saturated rings. The Morgan fingerprint density at radius 1 is 1.21 bits per heavy atom. The van der Waals surface area contributed by atoms with E-state index in [1.54, 1.807) is 6.20 Å². The second-order valence-electron chi connectivity index (χ2n) is 4.15. The fraction of sp³-hybridized carbons (Fsp3) is 0.500. The number of aromatic nitrogens is 1. The third kappa shape index (κ3) is 2.41. The van der Waals surface area contributed by atoms with Gasteiger partial charge in [0, 0.05) is 23.4 Å². The topological polar surface area (TPSA) is 30.0 Å². The predicted octanol–water partition coefficient (Wildman–Crippen LogP) is 3.04. The van der Waals surface area contributed by atoms with Gasteiger partial charge in [-0.25, -0.2) is 0 Å². The van der Waals surface area contributed by atoms with Crippen molar-refractivity contribution < 1.29 is 4.79 Å². The van der Waals surface area contributed by atoms with Gasteiger partial charge in [-0.3, -0.25) is 9.78 Å². The van der Waals surface area contributed by atoms with Crippen LogP contribution in [0.4, 0.5) is 0 Å². The lowest BCUT2D eigenvalue weighted by Gasteiger charge is -2.06. The van der Waals surface area contributed by atoms with Crippen LogP contribution in [-0.4, -0.2) is 10.8 Å². The van der Waals surface area contributed by atoms with Crippen LogP contribution in [0.25, 0.3) is 0 Å². The van der Waals surface area contributed by atoms with E-state index in [-0.39, 0.29) is 11.7 Å². The predicted molar refractivity (Wildman–Crippen MR) is 57.5 cm³/mol. The van der Waals surface area contributed by atoms with Crippen LogP contribution in [0, 0.1) is 5.92 Å². The maximum absolute atomic E-state index is 11.6. The molecule has 0 atom stereocenters. The number of Topliss-reactive ketones (excluding diaryl/α,β-unsaturated/α-hetero) is 1. The molecule has 0 saturated heterocycles. The molecule has 0 aliphatic heterocycles. The number of pyridine rings is 1. The van der Waals surface area contributed by atoms with Gasteiger partial charge in [-0.1, -0.05) is 27.7 Å². The van der Waals surface area contributed by atoms with Crippen molar-refractivity contribution in [1.82, 2.24) is 4.98 Å². The van der Waals surface area contributed by atoms with E-state index in [1.165, 1.54) is 0 Å². The van der Waals surface area contributed by atoms with E-state index in [1.807, 2.05) is 26.0 Å². The molecule has 0 radical (unpaired) electrons. The largest absolute Gasteiger partial charge is 0.294 e. The molecule has 1 heterocycles. The highest BCUT2D eigenvalue weighted by Gasteiger charge is 2.10. The van der Waals surface area contributed by atoms with Gasteiger partial charge in [0.05, 0.1) is 0 Å². The third-order valence-electron chi connectivity index (χ3n) is 2.19. The lowest BCUT2D eigenvalue weighted by molar-refractivity contribution is 0.0939. The number of carbonyl (C=O) groups excluding carboxylic acids is 1. The Hall–Kier alpha value is -1.18. The summed E-state index contributed by atoms with van der Waals surface area (Å²) < 4.78 is 0. The molecule has 0 spiro atoms. The summed E-state index contributed by atoms with van der Waals surface area (Å²) in [4.78, 5) is 15.8. The number of rotatable bonds is 3.